The first-order valence-electron chi connectivity index (χ1n) is 10.4. The van der Waals surface area contributed by atoms with Crippen molar-refractivity contribution in [3.8, 4) is 0 Å². The first kappa shape index (κ1) is 22.3. The number of methoxy groups -OCH3 is 1. The van der Waals surface area contributed by atoms with Crippen molar-refractivity contribution in [1.82, 2.24) is 5.32 Å². The van der Waals surface area contributed by atoms with E-state index < -0.39 is 12.0 Å². The maximum Gasteiger partial charge on any atom is 0.329 e. The fraction of sp³-hybridized carbons (Fsp3) is 0.259. The van der Waals surface area contributed by atoms with E-state index in [1.165, 1.54) is 7.11 Å². The average Bonchev–Trinajstić information content (AvgIpc) is 2.79. The van der Waals surface area contributed by atoms with Crippen LogP contribution in [0.3, 0.4) is 0 Å². The smallest absolute Gasteiger partial charge is 0.329 e. The van der Waals surface area contributed by atoms with Gasteiger partial charge in [-0.15, -0.1) is 0 Å². The Morgan fingerprint density at radius 1 is 0.774 bits per heavy atom. The molecule has 0 radical (unpaired) electrons. The van der Waals surface area contributed by atoms with Gasteiger partial charge in [0, 0.05) is 11.5 Å². The minimum atomic E-state index is -0.871. The van der Waals surface area contributed by atoms with Gasteiger partial charge in [-0.2, -0.15) is 0 Å². The summed E-state index contributed by atoms with van der Waals surface area (Å²) in [6.07, 6.45) is 0. The van der Waals surface area contributed by atoms with Gasteiger partial charge >= 0.3 is 5.97 Å². The molecule has 160 valence electrons. The van der Waals surface area contributed by atoms with Crippen molar-refractivity contribution >= 4 is 11.9 Å². The van der Waals surface area contributed by atoms with Crippen LogP contribution in [0.15, 0.2) is 84.9 Å². The molecule has 0 aliphatic carbocycles. The van der Waals surface area contributed by atoms with E-state index in [0.29, 0.717) is 5.56 Å². The van der Waals surface area contributed by atoms with E-state index in [9.17, 15) is 9.59 Å². The zero-order valence-electron chi connectivity index (χ0n) is 18.5. The highest BCUT2D eigenvalue weighted by Gasteiger charge is 2.33. The Labute approximate surface area is 184 Å². The van der Waals surface area contributed by atoms with Crippen molar-refractivity contribution in [2.75, 3.05) is 7.11 Å². The number of ether oxygens (including phenoxy) is 1. The highest BCUT2D eigenvalue weighted by atomic mass is 16.5. The highest BCUT2D eigenvalue weighted by Crippen LogP contribution is 2.29. The van der Waals surface area contributed by atoms with Gasteiger partial charge < -0.3 is 10.1 Å². The Morgan fingerprint density at radius 3 is 1.68 bits per heavy atom. The lowest BCUT2D eigenvalue weighted by Gasteiger charge is -2.27. The molecule has 0 fully saturated rings. The standard InChI is InChI=1S/C27H29NO3/c1-27(2,3)22-17-15-21(16-18-22)25(29)28-24(26(30)31-4)23(19-11-7-5-8-12-19)20-13-9-6-10-14-20/h5-18,23-24H,1-4H3,(H,28,29)/t24-/m1/s1. The van der Waals surface area contributed by atoms with E-state index >= 15 is 0 Å². The third-order valence-corrected chi connectivity index (χ3v) is 5.41. The summed E-state index contributed by atoms with van der Waals surface area (Å²) in [5, 5.41) is 2.93. The Bertz CT molecular complexity index is 966. The van der Waals surface area contributed by atoms with Gasteiger partial charge in [0.05, 0.1) is 7.11 Å². The van der Waals surface area contributed by atoms with Gasteiger partial charge in [0.25, 0.3) is 5.91 Å². The topological polar surface area (TPSA) is 55.4 Å². The quantitative estimate of drug-likeness (QED) is 0.571. The fourth-order valence-corrected chi connectivity index (χ4v) is 3.65. The van der Waals surface area contributed by atoms with Crippen LogP contribution < -0.4 is 5.32 Å². The summed E-state index contributed by atoms with van der Waals surface area (Å²) in [5.74, 6) is -1.18. The molecular weight excluding hydrogens is 386 g/mol. The predicted octanol–water partition coefficient (Wildman–Crippen LogP) is 5.09. The Kier molecular flexibility index (Phi) is 6.91. The molecule has 1 amide bonds. The molecule has 0 bridgehead atoms. The molecule has 0 saturated carbocycles. The fourth-order valence-electron chi connectivity index (χ4n) is 3.65. The summed E-state index contributed by atoms with van der Waals surface area (Å²) in [7, 11) is 1.34. The first-order chi connectivity index (χ1) is 14.8. The number of benzene rings is 3. The molecule has 4 nitrogen and oxygen atoms in total. The minimum absolute atomic E-state index is 0.00469. The summed E-state index contributed by atoms with van der Waals surface area (Å²) in [4.78, 5) is 25.9. The van der Waals surface area contributed by atoms with Crippen LogP contribution in [0.25, 0.3) is 0 Å². The number of carbonyl (C=O) groups excluding carboxylic acids is 2. The van der Waals surface area contributed by atoms with E-state index in [-0.39, 0.29) is 17.2 Å². The molecular formula is C27H29NO3. The van der Waals surface area contributed by atoms with E-state index in [1.807, 2.05) is 72.8 Å². The van der Waals surface area contributed by atoms with E-state index in [0.717, 1.165) is 16.7 Å². The van der Waals surface area contributed by atoms with Crippen LogP contribution in [0.2, 0.25) is 0 Å². The number of hydrogen-bond donors (Lipinski definition) is 1. The van der Waals surface area contributed by atoms with Crippen molar-refractivity contribution in [1.29, 1.82) is 0 Å². The molecule has 3 rings (SSSR count). The summed E-state index contributed by atoms with van der Waals surface area (Å²) in [5.41, 5.74) is 3.48. The molecule has 0 unspecified atom stereocenters. The maximum absolute atomic E-state index is 13.1. The molecule has 3 aromatic carbocycles. The molecule has 1 N–H and O–H groups in total. The minimum Gasteiger partial charge on any atom is -0.467 e. The van der Waals surface area contributed by atoms with Crippen LogP contribution in [-0.2, 0) is 14.9 Å². The van der Waals surface area contributed by atoms with Crippen molar-refractivity contribution in [2.45, 2.75) is 38.1 Å². The van der Waals surface area contributed by atoms with Crippen LogP contribution in [0.1, 0.15) is 53.7 Å². The van der Waals surface area contributed by atoms with Gasteiger partial charge in [-0.05, 0) is 34.2 Å². The summed E-state index contributed by atoms with van der Waals surface area (Å²) < 4.78 is 5.08. The maximum atomic E-state index is 13.1. The molecule has 3 aromatic rings. The van der Waals surface area contributed by atoms with E-state index in [2.05, 4.69) is 26.1 Å². The molecule has 0 heterocycles. The monoisotopic (exact) mass is 415 g/mol. The van der Waals surface area contributed by atoms with Gasteiger partial charge in [0.1, 0.15) is 6.04 Å². The predicted molar refractivity (Wildman–Crippen MR) is 123 cm³/mol. The second-order valence-corrected chi connectivity index (χ2v) is 8.60. The molecule has 0 aromatic heterocycles. The zero-order chi connectivity index (χ0) is 22.4. The molecule has 0 aliphatic rings. The molecule has 1 atom stereocenters. The van der Waals surface area contributed by atoms with Gasteiger partial charge in [-0.25, -0.2) is 4.79 Å². The number of rotatable bonds is 6. The molecule has 0 aliphatic heterocycles. The van der Waals surface area contributed by atoms with Gasteiger partial charge in [0.2, 0.25) is 0 Å². The van der Waals surface area contributed by atoms with Crippen molar-refractivity contribution < 1.29 is 14.3 Å². The third-order valence-electron chi connectivity index (χ3n) is 5.41. The second-order valence-electron chi connectivity index (χ2n) is 8.60. The lowest BCUT2D eigenvalue weighted by atomic mass is 9.84. The largest absolute Gasteiger partial charge is 0.467 e. The molecule has 0 saturated heterocycles. The number of esters is 1. The van der Waals surface area contributed by atoms with Gasteiger partial charge in [-0.3, -0.25) is 4.79 Å². The summed E-state index contributed by atoms with van der Waals surface area (Å²) >= 11 is 0. The van der Waals surface area contributed by atoms with Crippen molar-refractivity contribution in [2.24, 2.45) is 0 Å². The Balaban J connectivity index is 1.96. The van der Waals surface area contributed by atoms with Gasteiger partial charge in [0.15, 0.2) is 0 Å². The lowest BCUT2D eigenvalue weighted by Crippen LogP contribution is -2.46. The van der Waals surface area contributed by atoms with E-state index in [1.54, 1.807) is 12.1 Å². The van der Waals surface area contributed by atoms with Crippen LogP contribution in [-0.4, -0.2) is 25.0 Å². The van der Waals surface area contributed by atoms with Crippen LogP contribution in [0.4, 0.5) is 0 Å². The van der Waals surface area contributed by atoms with Gasteiger partial charge in [-0.1, -0.05) is 93.6 Å². The van der Waals surface area contributed by atoms with Crippen LogP contribution in [0.5, 0.6) is 0 Å². The summed E-state index contributed by atoms with van der Waals surface area (Å²) in [6.45, 7) is 6.37. The summed E-state index contributed by atoms with van der Waals surface area (Å²) in [6, 6.07) is 26.0. The number of amides is 1. The first-order valence-corrected chi connectivity index (χ1v) is 10.4. The lowest BCUT2D eigenvalue weighted by molar-refractivity contribution is -0.143. The molecule has 4 heteroatoms. The third kappa shape index (κ3) is 5.40. The second kappa shape index (κ2) is 9.61. The van der Waals surface area contributed by atoms with E-state index in [4.69, 9.17) is 4.74 Å². The SMILES string of the molecule is COC(=O)[C@H](NC(=O)c1ccc(C(C)(C)C)cc1)C(c1ccccc1)c1ccccc1. The number of carbonyl (C=O) groups is 2. The van der Waals surface area contributed by atoms with Crippen molar-refractivity contribution in [3.63, 3.8) is 0 Å². The Morgan fingerprint density at radius 2 is 1.26 bits per heavy atom. The number of hydrogen-bond acceptors (Lipinski definition) is 3. The Hall–Kier alpha value is -3.40. The van der Waals surface area contributed by atoms with Crippen LogP contribution in [0, 0.1) is 0 Å². The van der Waals surface area contributed by atoms with Crippen LogP contribution >= 0.6 is 0 Å². The molecule has 0 spiro atoms. The zero-order valence-corrected chi connectivity index (χ0v) is 18.5. The van der Waals surface area contributed by atoms with Crippen molar-refractivity contribution in [3.05, 3.63) is 107 Å². The average molecular weight is 416 g/mol. The normalized spacial score (nSPS) is 12.3. The highest BCUT2D eigenvalue weighted by molar-refractivity contribution is 5.97. The molecule has 31 heavy (non-hydrogen) atoms. The number of nitrogens with one attached hydrogen (secondary N) is 1.